The molecule has 0 spiro atoms. The fourth-order valence-electron chi connectivity index (χ4n) is 2.27. The standard InChI is InChI=1S/C13H13NO3S2/c14-5-7-1-3-8(4-2-7)19-13-12-11(16)10(15)9(17-12)6-18-13/h1-4,9-13,15-16H,6H2/t9-,10-,11+,12-,13-/m1/s1. The van der Waals surface area contributed by atoms with Crippen LogP contribution in [-0.4, -0.2) is 45.0 Å². The Morgan fingerprint density at radius 2 is 2.00 bits per heavy atom. The molecule has 2 aliphatic heterocycles. The first-order valence-corrected chi connectivity index (χ1v) is 7.92. The molecule has 5 atom stereocenters. The van der Waals surface area contributed by atoms with Gasteiger partial charge in [-0.3, -0.25) is 0 Å². The van der Waals surface area contributed by atoms with E-state index in [1.165, 1.54) is 0 Å². The third kappa shape index (κ3) is 2.49. The molecule has 0 aliphatic carbocycles. The lowest BCUT2D eigenvalue weighted by atomic mass is 10.1. The largest absolute Gasteiger partial charge is 0.388 e. The first kappa shape index (κ1) is 13.3. The van der Waals surface area contributed by atoms with E-state index in [4.69, 9.17) is 10.00 Å². The van der Waals surface area contributed by atoms with Crippen LogP contribution < -0.4 is 0 Å². The second-order valence-corrected chi connectivity index (χ2v) is 7.26. The third-order valence-corrected chi connectivity index (χ3v) is 6.19. The van der Waals surface area contributed by atoms with Crippen LogP contribution >= 0.6 is 23.5 Å². The Morgan fingerprint density at radius 3 is 2.68 bits per heavy atom. The van der Waals surface area contributed by atoms with E-state index in [2.05, 4.69) is 6.07 Å². The smallest absolute Gasteiger partial charge is 0.111 e. The third-order valence-electron chi connectivity index (χ3n) is 3.33. The Labute approximate surface area is 119 Å². The number of fused-ring (bicyclic) bond motifs is 2. The summed E-state index contributed by atoms with van der Waals surface area (Å²) in [7, 11) is 0. The maximum absolute atomic E-state index is 9.95. The molecule has 1 aromatic carbocycles. The minimum atomic E-state index is -0.809. The van der Waals surface area contributed by atoms with Crippen molar-refractivity contribution in [1.82, 2.24) is 0 Å². The highest BCUT2D eigenvalue weighted by Crippen LogP contribution is 2.44. The Kier molecular flexibility index (Phi) is 3.74. The normalized spacial score (nSPS) is 37.0. The van der Waals surface area contributed by atoms with Gasteiger partial charge in [0, 0.05) is 10.6 Å². The molecule has 2 N–H and O–H groups in total. The number of aliphatic hydroxyl groups excluding tert-OH is 2. The van der Waals surface area contributed by atoms with Gasteiger partial charge in [-0.25, -0.2) is 0 Å². The van der Waals surface area contributed by atoms with Crippen LogP contribution in [0.15, 0.2) is 29.2 Å². The number of thioether (sulfide) groups is 2. The van der Waals surface area contributed by atoms with Crippen LogP contribution in [0.5, 0.6) is 0 Å². The number of hydrogen-bond donors (Lipinski definition) is 2. The quantitative estimate of drug-likeness (QED) is 0.854. The molecule has 0 unspecified atom stereocenters. The van der Waals surface area contributed by atoms with Crippen LogP contribution in [0.2, 0.25) is 0 Å². The van der Waals surface area contributed by atoms with Crippen molar-refractivity contribution in [2.24, 2.45) is 0 Å². The monoisotopic (exact) mass is 295 g/mol. The van der Waals surface area contributed by atoms with Gasteiger partial charge in [-0.15, -0.1) is 23.5 Å². The predicted octanol–water partition coefficient (Wildman–Crippen LogP) is 1.21. The average Bonchev–Trinajstić information content (AvgIpc) is 2.68. The molecule has 1 aromatic rings. The maximum Gasteiger partial charge on any atom is 0.111 e. The van der Waals surface area contributed by atoms with Crippen LogP contribution in [0.4, 0.5) is 0 Å². The van der Waals surface area contributed by atoms with Crippen molar-refractivity contribution < 1.29 is 14.9 Å². The van der Waals surface area contributed by atoms with Gasteiger partial charge in [-0.2, -0.15) is 5.26 Å². The Hall–Kier alpha value is -0.710. The van der Waals surface area contributed by atoms with Gasteiger partial charge in [0.15, 0.2) is 0 Å². The van der Waals surface area contributed by atoms with Gasteiger partial charge in [0.05, 0.1) is 22.3 Å². The van der Waals surface area contributed by atoms with Crippen molar-refractivity contribution in [3.63, 3.8) is 0 Å². The van der Waals surface area contributed by atoms with Gasteiger partial charge in [-0.05, 0) is 24.3 Å². The van der Waals surface area contributed by atoms with E-state index in [1.807, 2.05) is 12.1 Å². The van der Waals surface area contributed by atoms with Crippen LogP contribution in [0.3, 0.4) is 0 Å². The highest BCUT2D eigenvalue weighted by molar-refractivity contribution is 8.17. The van der Waals surface area contributed by atoms with E-state index in [9.17, 15) is 10.2 Å². The number of nitriles is 1. The lowest BCUT2D eigenvalue weighted by molar-refractivity contribution is 0.0229. The van der Waals surface area contributed by atoms with Gasteiger partial charge in [0.1, 0.15) is 18.3 Å². The molecule has 6 heteroatoms. The minimum Gasteiger partial charge on any atom is -0.388 e. The van der Waals surface area contributed by atoms with Crippen LogP contribution in [0.25, 0.3) is 0 Å². The van der Waals surface area contributed by atoms with Crippen molar-refractivity contribution in [2.75, 3.05) is 5.75 Å². The molecular weight excluding hydrogens is 282 g/mol. The van der Waals surface area contributed by atoms with Gasteiger partial charge >= 0.3 is 0 Å². The number of benzene rings is 1. The van der Waals surface area contributed by atoms with Crippen molar-refractivity contribution in [3.8, 4) is 6.07 Å². The van der Waals surface area contributed by atoms with Crippen molar-refractivity contribution in [1.29, 1.82) is 5.26 Å². The SMILES string of the molecule is N#Cc1ccc(S[C@H]2SC[C@H]3O[C@@H]2[C@@H](O)[C@@H]3O)cc1. The second-order valence-electron chi connectivity index (χ2n) is 4.58. The number of hydrogen-bond acceptors (Lipinski definition) is 6. The predicted molar refractivity (Wildman–Crippen MR) is 73.9 cm³/mol. The van der Waals surface area contributed by atoms with Crippen molar-refractivity contribution >= 4 is 23.5 Å². The molecule has 0 aromatic heterocycles. The van der Waals surface area contributed by atoms with E-state index in [0.29, 0.717) is 11.3 Å². The zero-order valence-electron chi connectivity index (χ0n) is 9.97. The van der Waals surface area contributed by atoms with E-state index in [-0.39, 0.29) is 16.8 Å². The van der Waals surface area contributed by atoms with E-state index in [1.54, 1.807) is 35.7 Å². The zero-order valence-corrected chi connectivity index (χ0v) is 11.6. The Balaban J connectivity index is 1.71. The molecule has 2 heterocycles. The molecule has 3 rings (SSSR count). The van der Waals surface area contributed by atoms with Gasteiger partial charge < -0.3 is 14.9 Å². The summed E-state index contributed by atoms with van der Waals surface area (Å²) >= 11 is 3.31. The summed E-state index contributed by atoms with van der Waals surface area (Å²) in [5.74, 6) is 0.697. The molecule has 100 valence electrons. The fourth-order valence-corrected chi connectivity index (χ4v) is 5.10. The van der Waals surface area contributed by atoms with Gasteiger partial charge in [-0.1, -0.05) is 0 Å². The number of aliphatic hydroxyl groups is 2. The molecule has 2 saturated heterocycles. The van der Waals surface area contributed by atoms with E-state index < -0.39 is 12.2 Å². The topological polar surface area (TPSA) is 73.5 Å². The summed E-state index contributed by atoms with van der Waals surface area (Å²) in [5.41, 5.74) is 0.633. The summed E-state index contributed by atoms with van der Waals surface area (Å²) in [6, 6.07) is 9.43. The van der Waals surface area contributed by atoms with Crippen LogP contribution in [0, 0.1) is 11.3 Å². The molecule has 0 saturated carbocycles. The van der Waals surface area contributed by atoms with Crippen molar-refractivity contribution in [3.05, 3.63) is 29.8 Å². The molecule has 0 amide bonds. The number of ether oxygens (including phenoxy) is 1. The number of nitrogens with zero attached hydrogens (tertiary/aromatic N) is 1. The lowest BCUT2D eigenvalue weighted by Crippen LogP contribution is -2.34. The van der Waals surface area contributed by atoms with Crippen LogP contribution in [-0.2, 0) is 4.74 Å². The summed E-state index contributed by atoms with van der Waals surface area (Å²) in [4.78, 5) is 1.03. The van der Waals surface area contributed by atoms with Gasteiger partial charge in [0.25, 0.3) is 0 Å². The molecule has 2 fully saturated rings. The Bertz CT molecular complexity index is 502. The molecule has 2 bridgehead atoms. The molecule has 0 radical (unpaired) electrons. The molecular formula is C13H13NO3S2. The highest BCUT2D eigenvalue weighted by atomic mass is 32.2. The minimum absolute atomic E-state index is 0.0661. The van der Waals surface area contributed by atoms with E-state index in [0.717, 1.165) is 4.90 Å². The van der Waals surface area contributed by atoms with Crippen molar-refractivity contribution in [2.45, 2.75) is 33.9 Å². The fraction of sp³-hybridized carbons (Fsp3) is 0.462. The Morgan fingerprint density at radius 1 is 1.26 bits per heavy atom. The first-order chi connectivity index (χ1) is 9.19. The first-order valence-electron chi connectivity index (χ1n) is 5.99. The molecule has 2 aliphatic rings. The summed E-state index contributed by atoms with van der Waals surface area (Å²) in [5, 5.41) is 28.5. The number of rotatable bonds is 2. The maximum atomic E-state index is 9.95. The average molecular weight is 295 g/mol. The van der Waals surface area contributed by atoms with Crippen LogP contribution in [0.1, 0.15) is 5.56 Å². The second kappa shape index (κ2) is 5.35. The molecule has 19 heavy (non-hydrogen) atoms. The lowest BCUT2D eigenvalue weighted by Gasteiger charge is -2.28. The van der Waals surface area contributed by atoms with Gasteiger partial charge in [0.2, 0.25) is 0 Å². The molecule has 4 nitrogen and oxygen atoms in total. The van der Waals surface area contributed by atoms with E-state index >= 15 is 0 Å². The highest BCUT2D eigenvalue weighted by Gasteiger charge is 2.50. The summed E-state index contributed by atoms with van der Waals surface area (Å²) < 4.78 is 5.72. The summed E-state index contributed by atoms with van der Waals surface area (Å²) in [6.45, 7) is 0. The zero-order chi connectivity index (χ0) is 13.4. The summed E-state index contributed by atoms with van der Waals surface area (Å²) in [6.07, 6.45) is -2.16.